The Labute approximate surface area is 524 Å². The molecule has 500 valence electrons. The van der Waals surface area contributed by atoms with Gasteiger partial charge in [-0.05, 0) is 115 Å². The number of aliphatic hydroxyl groups is 4. The molecule has 0 aromatic heterocycles. The lowest BCUT2D eigenvalue weighted by Gasteiger charge is -2.56. The molecule has 0 aromatic carbocycles. The number of nitrogens with one attached hydrogen (secondary N) is 1. The number of Topliss-reactive ketones (excluding diaryl/α,β-unsaturated/α-hetero) is 1. The Morgan fingerprint density at radius 1 is 0.744 bits per heavy atom. The van der Waals surface area contributed by atoms with Crippen LogP contribution in [0.15, 0.2) is 70.3 Å². The summed E-state index contributed by atoms with van der Waals surface area (Å²) in [5.41, 5.74) is -4.59. The maximum Gasteiger partial charge on any atom is 0.407 e. The van der Waals surface area contributed by atoms with Crippen molar-refractivity contribution in [1.82, 2.24) is 10.5 Å². The maximum atomic E-state index is 15.5. The van der Waals surface area contributed by atoms with Gasteiger partial charge in [0.2, 0.25) is 5.78 Å². The molecule has 0 aromatic rings. The minimum atomic E-state index is -2.18. The first kappa shape index (κ1) is 68.1. The zero-order valence-electron chi connectivity index (χ0n) is 53.1. The van der Waals surface area contributed by atoms with Crippen LogP contribution in [0.4, 0.5) is 4.79 Å². The lowest BCUT2D eigenvalue weighted by Crippen LogP contribution is -2.68. The van der Waals surface area contributed by atoms with E-state index in [1.807, 2.05) is 45.9 Å². The summed E-state index contributed by atoms with van der Waals surface area (Å²) in [6.07, 6.45) is 0.0130. The van der Waals surface area contributed by atoms with Crippen molar-refractivity contribution in [2.24, 2.45) is 40.9 Å². The van der Waals surface area contributed by atoms with Gasteiger partial charge in [0.15, 0.2) is 43.3 Å². The Morgan fingerprint density at radius 3 is 2.12 bits per heavy atom. The fourth-order valence-electron chi connectivity index (χ4n) is 16.2. The molecule has 1 amide bonds. The molecule has 5 saturated heterocycles. The van der Waals surface area contributed by atoms with E-state index < -0.39 is 187 Å². The fraction of sp³-hybridized carbons (Fsp3) is 0.738. The first-order chi connectivity index (χ1) is 42.6. The zero-order chi connectivity index (χ0) is 65.1. The number of hydrogen-bond donors (Lipinski definition) is 7. The molecule has 1 spiro atoms. The number of allylic oxidation sites excluding steroid dienone is 3. The quantitative estimate of drug-likeness (QED) is 0.0348. The number of aliphatic hydroxyl groups excluding tert-OH is 4. The number of aldehydes is 2. The molecule has 0 radical (unpaired) electrons. The summed E-state index contributed by atoms with van der Waals surface area (Å²) in [6, 6.07) is -0.997. The van der Waals surface area contributed by atoms with Crippen molar-refractivity contribution in [3.8, 4) is 0 Å². The van der Waals surface area contributed by atoms with Crippen molar-refractivity contribution in [3.05, 3.63) is 70.3 Å². The number of nitrogens with zero attached hydrogens (tertiary/aromatic N) is 1. The summed E-state index contributed by atoms with van der Waals surface area (Å²) in [5.74, 6) is -5.43. The molecule has 90 heavy (non-hydrogen) atoms. The van der Waals surface area contributed by atoms with E-state index in [9.17, 15) is 50.0 Å². The summed E-state index contributed by atoms with van der Waals surface area (Å²) in [7, 11) is 1.18. The third-order valence-electron chi connectivity index (χ3n) is 20.9. The number of carbonyl (C=O) groups is 5. The van der Waals surface area contributed by atoms with Crippen LogP contribution in [0, 0.1) is 40.9 Å². The average Bonchev–Trinajstić information content (AvgIpc) is 1.73. The number of rotatable bonds is 14. The highest BCUT2D eigenvalue weighted by Gasteiger charge is 2.65. The van der Waals surface area contributed by atoms with Crippen LogP contribution in [-0.4, -0.2) is 195 Å². The normalized spacial score (nSPS) is 46.9. The zero-order valence-corrected chi connectivity index (χ0v) is 53.1. The van der Waals surface area contributed by atoms with E-state index >= 15 is 4.79 Å². The van der Waals surface area contributed by atoms with Crippen LogP contribution in [0.2, 0.25) is 0 Å². The van der Waals surface area contributed by atoms with E-state index in [1.165, 1.54) is 20.1 Å². The van der Waals surface area contributed by atoms with Crippen LogP contribution < -0.4 is 5.32 Å². The topological polar surface area (TPSA) is 333 Å². The molecule has 10 rings (SSSR count). The first-order valence-corrected chi connectivity index (χ1v) is 31.8. The number of amides is 1. The van der Waals surface area contributed by atoms with E-state index in [-0.39, 0.29) is 48.3 Å². The third-order valence-corrected chi connectivity index (χ3v) is 20.9. The lowest BCUT2D eigenvalue weighted by molar-refractivity contribution is -0.390. The summed E-state index contributed by atoms with van der Waals surface area (Å²) in [4.78, 5) is 67.8. The molecule has 6 fully saturated rings. The molecule has 6 heterocycles. The second-order valence-corrected chi connectivity index (χ2v) is 27.1. The molecule has 10 aliphatic rings. The Kier molecular flexibility index (Phi) is 20.6. The molecule has 25 nitrogen and oxygen atoms in total. The van der Waals surface area contributed by atoms with Crippen LogP contribution >= 0.6 is 0 Å². The van der Waals surface area contributed by atoms with Gasteiger partial charge in [0.1, 0.15) is 35.6 Å². The van der Waals surface area contributed by atoms with Gasteiger partial charge in [-0.1, -0.05) is 55.9 Å². The van der Waals surface area contributed by atoms with Crippen LogP contribution in [0.1, 0.15) is 133 Å². The molecular weight excluding hydrogens is 1180 g/mol. The van der Waals surface area contributed by atoms with Gasteiger partial charge in [-0.2, -0.15) is 0 Å². The highest BCUT2D eigenvalue weighted by atomic mass is 16.8. The van der Waals surface area contributed by atoms with Crippen molar-refractivity contribution in [2.45, 2.75) is 255 Å². The van der Waals surface area contributed by atoms with Crippen molar-refractivity contribution < 1.29 is 112 Å². The summed E-state index contributed by atoms with van der Waals surface area (Å²) in [6.45, 7) is 18.1. The average molecular weight is 1270 g/mol. The van der Waals surface area contributed by atoms with Gasteiger partial charge in [0.25, 0.3) is 0 Å². The van der Waals surface area contributed by atoms with Gasteiger partial charge in [-0.25, -0.2) is 9.59 Å². The standard InChI is InChI=1S/C65H92N2O23/c1-30-12-16-47(86-53-27-63(9,67(77)78)58(37(8)83-53)66-62(76)79-11)31(2)21-43-45(71)22-38(28-68)26-65(43)60(74)54(61(75)90-65)59(73)64(10)42(30)14-13-41-55(64)32(3)20-33(4)56(41)89-51-24-39(23-40(29-69)85-51)84-49-19-17-48(35(6)81-49)87-52-25-46(72)57(36(7)82-52)88-50-18-15-44(70)34(5)80-50/h12-14,21-23,28-29,32-37,40-53,55-58,70-73,77-78H,15-20,24-27H2,1-11H3,(H,66,76)/b30-12+,31-21-,59-54?/t32-,33-,34?,35?,36?,37?,40?,41-,42-,43+,44?,45-,46?,47-,48?,49?,50?,51?,52?,53?,55+,56-,57?,58?,63?,64+,65-/m0/s1. The van der Waals surface area contributed by atoms with Gasteiger partial charge in [-0.3, -0.25) is 20.0 Å². The minimum absolute atomic E-state index is 0.00828. The van der Waals surface area contributed by atoms with Crippen LogP contribution in [0.5, 0.6) is 0 Å². The number of ether oxygens (including phenoxy) is 12. The number of esters is 1. The molecule has 4 aliphatic carbocycles. The Bertz CT molecular complexity index is 2860. The van der Waals surface area contributed by atoms with Crippen LogP contribution in [0.25, 0.3) is 0 Å². The molecule has 6 aliphatic heterocycles. The highest BCUT2D eigenvalue weighted by molar-refractivity contribution is 6.26. The summed E-state index contributed by atoms with van der Waals surface area (Å²) in [5, 5.41) is 70.3. The minimum Gasteiger partial charge on any atom is -0.511 e. The predicted molar refractivity (Wildman–Crippen MR) is 313 cm³/mol. The lowest BCUT2D eigenvalue weighted by atomic mass is 9.49. The van der Waals surface area contributed by atoms with E-state index in [0.29, 0.717) is 56.0 Å². The number of hydroxylamine groups is 2. The van der Waals surface area contributed by atoms with Crippen LogP contribution in [-0.2, 0) is 76.0 Å². The van der Waals surface area contributed by atoms with E-state index in [4.69, 9.17) is 56.8 Å². The van der Waals surface area contributed by atoms with Gasteiger partial charge < -0.3 is 87.4 Å². The Balaban J connectivity index is 0.886. The van der Waals surface area contributed by atoms with Crippen molar-refractivity contribution in [1.29, 1.82) is 0 Å². The molecule has 1 saturated carbocycles. The van der Waals surface area contributed by atoms with Crippen LogP contribution in [0.3, 0.4) is 0 Å². The Hall–Kier alpha value is -4.81. The number of ketones is 1. The number of carbonyl (C=O) groups excluding carboxylic acids is 5. The third kappa shape index (κ3) is 13.2. The van der Waals surface area contributed by atoms with Crippen molar-refractivity contribution >= 4 is 30.4 Å². The predicted octanol–water partition coefficient (Wildman–Crippen LogP) is 5.93. The molecule has 25 heteroatoms. The second kappa shape index (κ2) is 27.3. The SMILES string of the molecule is COC(=O)NC1C(C)OC(O[C@H]2C/C=C(\C)[C@@H]3C=C[C@@H]4[C@@H](OC5CC(OC6CCC(OC7CC(O)C(OC8CCC(O)C(C)O8)C(C)O7)C(C)O6)=CC(C=O)O5)[C@@H](C)C[C@H](C)[C@H]4[C@]3(C)C(O)=C3C(=O)O[C@]4(CC(C=O)=C[C@H](O)[C@H]4/C=C\2C)C3=O)CC1(C)N(O)O. The molecule has 2 bridgehead atoms. The van der Waals surface area contributed by atoms with E-state index in [0.717, 1.165) is 5.57 Å². The number of fused-ring (bicyclic) bond motifs is 4. The summed E-state index contributed by atoms with van der Waals surface area (Å²) < 4.78 is 74.8. The largest absolute Gasteiger partial charge is 0.511 e. The fourth-order valence-corrected chi connectivity index (χ4v) is 16.2. The maximum absolute atomic E-state index is 15.5. The second-order valence-electron chi connectivity index (χ2n) is 27.1. The molecule has 16 unspecified atom stereocenters. The van der Waals surface area contributed by atoms with Crippen molar-refractivity contribution in [2.75, 3.05) is 7.11 Å². The Morgan fingerprint density at radius 2 is 1.44 bits per heavy atom. The summed E-state index contributed by atoms with van der Waals surface area (Å²) >= 11 is 0. The van der Waals surface area contributed by atoms with Gasteiger partial charge in [0.05, 0.1) is 92.1 Å². The van der Waals surface area contributed by atoms with E-state index in [1.54, 1.807) is 32.9 Å². The van der Waals surface area contributed by atoms with Gasteiger partial charge in [-0.15, -0.1) is 0 Å². The van der Waals surface area contributed by atoms with E-state index in [2.05, 4.69) is 19.2 Å². The molecular formula is C65H92N2O23. The first-order valence-electron chi connectivity index (χ1n) is 31.8. The van der Waals surface area contributed by atoms with Gasteiger partial charge >= 0.3 is 12.1 Å². The highest BCUT2D eigenvalue weighted by Crippen LogP contribution is 2.61. The monoisotopic (exact) mass is 1270 g/mol. The molecule has 7 N–H and O–H groups in total. The smallest absolute Gasteiger partial charge is 0.407 e. The van der Waals surface area contributed by atoms with Crippen molar-refractivity contribution in [3.63, 3.8) is 0 Å². The van der Waals surface area contributed by atoms with Gasteiger partial charge in [0, 0.05) is 49.4 Å². The number of hydrogen-bond acceptors (Lipinski definition) is 24. The number of methoxy groups -OCH3 is 1. The molecule has 27 atom stereocenters. The number of alkyl carbamates (subject to hydrolysis) is 1.